The lowest BCUT2D eigenvalue weighted by Crippen LogP contribution is -2.59. The molecule has 2 aliphatic rings. The summed E-state index contributed by atoms with van der Waals surface area (Å²) in [5.41, 5.74) is 5.98. The smallest absolute Gasteiger partial charge is 0.186 e. The number of hydrogen-bond donors (Lipinski definition) is 7. The second-order valence-electron chi connectivity index (χ2n) is 15.4. The molecular formula is C40H82N2O8S. The number of unbranched alkanes of at least 4 members (excludes halogenated alkanes) is 19. The first-order chi connectivity index (χ1) is 24.7. The van der Waals surface area contributed by atoms with Crippen molar-refractivity contribution in [3.05, 3.63) is 0 Å². The van der Waals surface area contributed by atoms with Gasteiger partial charge < -0.3 is 46.1 Å². The summed E-state index contributed by atoms with van der Waals surface area (Å²) in [5.74, 6) is 1.91. The van der Waals surface area contributed by atoms with E-state index in [0.717, 1.165) is 30.9 Å². The van der Waals surface area contributed by atoms with Crippen LogP contribution < -0.4 is 11.1 Å². The molecule has 2 rings (SSSR count). The molecule has 0 aromatic carbocycles. The van der Waals surface area contributed by atoms with E-state index in [1.807, 2.05) is 6.26 Å². The molecule has 2 saturated heterocycles. The third-order valence-corrected chi connectivity index (χ3v) is 11.5. The van der Waals surface area contributed by atoms with Gasteiger partial charge in [-0.05, 0) is 44.7 Å². The predicted molar refractivity (Wildman–Crippen MR) is 210 cm³/mol. The maximum atomic E-state index is 10.9. The average molecular weight is 751 g/mol. The van der Waals surface area contributed by atoms with Crippen molar-refractivity contribution < 1.29 is 39.2 Å². The molecule has 306 valence electrons. The Kier molecular flexibility index (Phi) is 31.7. The maximum absolute atomic E-state index is 10.9. The van der Waals surface area contributed by atoms with Crippen LogP contribution in [0.3, 0.4) is 0 Å². The summed E-state index contributed by atoms with van der Waals surface area (Å²) in [6.45, 7) is 4.15. The van der Waals surface area contributed by atoms with Crippen molar-refractivity contribution in [2.75, 3.05) is 38.3 Å². The van der Waals surface area contributed by atoms with Crippen LogP contribution in [-0.4, -0.2) is 111 Å². The molecule has 0 bridgehead atoms. The minimum absolute atomic E-state index is 0.0672. The van der Waals surface area contributed by atoms with Crippen LogP contribution in [0.25, 0.3) is 0 Å². The lowest BCUT2D eigenvalue weighted by molar-refractivity contribution is -0.302. The third kappa shape index (κ3) is 25.5. The Hall–Kier alpha value is -0.210. The molecule has 8 unspecified atom stereocenters. The Balaban J connectivity index is 0.000000581. The normalized spacial score (nSPS) is 24.5. The minimum Gasteiger partial charge on any atom is -0.394 e. The summed E-state index contributed by atoms with van der Waals surface area (Å²) >= 11 is 0. The van der Waals surface area contributed by atoms with E-state index in [2.05, 4.69) is 12.2 Å². The van der Waals surface area contributed by atoms with Crippen LogP contribution in [0.15, 0.2) is 0 Å². The maximum Gasteiger partial charge on any atom is 0.186 e. The summed E-state index contributed by atoms with van der Waals surface area (Å²) < 4.78 is 21.6. The number of nitrogens with one attached hydrogen (secondary N) is 1. The van der Waals surface area contributed by atoms with E-state index in [-0.39, 0.29) is 6.61 Å². The molecule has 10 nitrogen and oxygen atoms in total. The van der Waals surface area contributed by atoms with E-state index in [9.17, 15) is 29.7 Å². The summed E-state index contributed by atoms with van der Waals surface area (Å²) in [6, 6.07) is -0.653. The number of piperidine rings is 1. The molecule has 11 heteroatoms. The molecule has 2 aliphatic heterocycles. The molecule has 0 amide bonds. The summed E-state index contributed by atoms with van der Waals surface area (Å²) in [6.07, 6.45) is 26.6. The first kappa shape index (κ1) is 48.8. The van der Waals surface area contributed by atoms with E-state index in [4.69, 9.17) is 15.2 Å². The number of ether oxygens (including phenoxy) is 2. The SMILES string of the molecule is CCCCCCCCCCCCCCCC(O)C(N)COC1OC(CO)C(O)C(O)C1O.CS(=O)CCCCCCCCCCC1CCNCC1. The van der Waals surface area contributed by atoms with Crippen molar-refractivity contribution in [3.63, 3.8) is 0 Å². The molecule has 0 aliphatic carbocycles. The first-order valence-corrected chi connectivity index (χ1v) is 22.8. The van der Waals surface area contributed by atoms with Gasteiger partial charge in [0, 0.05) is 22.8 Å². The van der Waals surface area contributed by atoms with E-state index >= 15 is 0 Å². The monoisotopic (exact) mass is 751 g/mol. The van der Waals surface area contributed by atoms with Crippen LogP contribution in [0.4, 0.5) is 0 Å². The fourth-order valence-electron chi connectivity index (χ4n) is 7.08. The van der Waals surface area contributed by atoms with Crippen molar-refractivity contribution in [3.8, 4) is 0 Å². The zero-order chi connectivity index (χ0) is 37.5. The highest BCUT2D eigenvalue weighted by Crippen LogP contribution is 2.23. The number of nitrogens with two attached hydrogens (primary N) is 1. The second-order valence-corrected chi connectivity index (χ2v) is 16.9. The van der Waals surface area contributed by atoms with Gasteiger partial charge >= 0.3 is 0 Å². The van der Waals surface area contributed by atoms with Crippen molar-refractivity contribution in [2.24, 2.45) is 11.7 Å². The van der Waals surface area contributed by atoms with Gasteiger partial charge in [0.1, 0.15) is 24.4 Å². The molecule has 0 saturated carbocycles. The number of aliphatic hydroxyl groups is 5. The highest BCUT2D eigenvalue weighted by atomic mass is 32.2. The van der Waals surface area contributed by atoms with Gasteiger partial charge in [-0.1, -0.05) is 142 Å². The number of rotatable bonds is 30. The van der Waals surface area contributed by atoms with Crippen molar-refractivity contribution in [1.29, 1.82) is 0 Å². The van der Waals surface area contributed by atoms with Gasteiger partial charge in [-0.25, -0.2) is 0 Å². The molecule has 51 heavy (non-hydrogen) atoms. The van der Waals surface area contributed by atoms with Crippen LogP contribution in [0.1, 0.15) is 167 Å². The van der Waals surface area contributed by atoms with Crippen LogP contribution in [0, 0.1) is 5.92 Å². The molecule has 8 atom stereocenters. The first-order valence-electron chi connectivity index (χ1n) is 21.1. The minimum atomic E-state index is -1.49. The molecule has 0 aromatic rings. The topological polar surface area (TPSA) is 175 Å². The van der Waals surface area contributed by atoms with Gasteiger partial charge in [-0.2, -0.15) is 0 Å². The van der Waals surface area contributed by atoms with Gasteiger partial charge in [-0.15, -0.1) is 0 Å². The number of aliphatic hydroxyl groups excluding tert-OH is 5. The van der Waals surface area contributed by atoms with Crippen molar-refractivity contribution in [2.45, 2.75) is 210 Å². The standard InChI is InChI=1S/C24H49NO7.C16H33NOS/c1-2-3-4-5-6-7-8-9-10-11-12-13-14-15-19(27)18(25)17-31-24-23(30)22(29)21(28)20(16-26)32-24;1-19(18)15-9-7-5-3-2-4-6-8-10-16-11-13-17-14-12-16/h18-24,26-30H,2-17,25H2,1H3;16-17H,2-15H2,1H3. The molecule has 0 aromatic heterocycles. The van der Waals surface area contributed by atoms with E-state index in [1.54, 1.807) is 0 Å². The van der Waals surface area contributed by atoms with E-state index in [0.29, 0.717) is 6.42 Å². The van der Waals surface area contributed by atoms with Crippen molar-refractivity contribution in [1.82, 2.24) is 5.32 Å². The van der Waals surface area contributed by atoms with Crippen LogP contribution in [0.2, 0.25) is 0 Å². The van der Waals surface area contributed by atoms with Crippen LogP contribution >= 0.6 is 0 Å². The second kappa shape index (κ2) is 33.2. The Bertz CT molecular complexity index is 792. The highest BCUT2D eigenvalue weighted by molar-refractivity contribution is 7.84. The molecular weight excluding hydrogens is 669 g/mol. The van der Waals surface area contributed by atoms with E-state index in [1.165, 1.54) is 148 Å². The molecule has 2 heterocycles. The van der Waals surface area contributed by atoms with E-state index < -0.39 is 60.3 Å². The number of hydrogen-bond acceptors (Lipinski definition) is 10. The zero-order valence-corrected chi connectivity index (χ0v) is 33.6. The zero-order valence-electron chi connectivity index (χ0n) is 32.8. The van der Waals surface area contributed by atoms with Gasteiger partial charge in [0.2, 0.25) is 0 Å². The van der Waals surface area contributed by atoms with Crippen LogP contribution in [-0.2, 0) is 20.3 Å². The predicted octanol–water partition coefficient (Wildman–Crippen LogP) is 5.85. The summed E-state index contributed by atoms with van der Waals surface area (Å²) in [5, 5.41) is 52.4. The lowest BCUT2D eigenvalue weighted by atomic mass is 9.92. The van der Waals surface area contributed by atoms with Gasteiger partial charge in [0.25, 0.3) is 0 Å². The summed E-state index contributed by atoms with van der Waals surface area (Å²) in [4.78, 5) is 0. The highest BCUT2D eigenvalue weighted by Gasteiger charge is 2.44. The Morgan fingerprint density at radius 3 is 1.75 bits per heavy atom. The lowest BCUT2D eigenvalue weighted by Gasteiger charge is -2.40. The molecule has 8 N–H and O–H groups in total. The molecule has 0 spiro atoms. The van der Waals surface area contributed by atoms with Gasteiger partial charge in [0.05, 0.1) is 25.4 Å². The van der Waals surface area contributed by atoms with Gasteiger partial charge in [0.15, 0.2) is 6.29 Å². The fraction of sp³-hybridized carbons (Fsp3) is 1.00. The summed E-state index contributed by atoms with van der Waals surface area (Å²) in [7, 11) is -0.584. The Labute approximate surface area is 314 Å². The molecule has 2 fully saturated rings. The quantitative estimate of drug-likeness (QED) is 0.0442. The fourth-order valence-corrected chi connectivity index (χ4v) is 7.69. The largest absolute Gasteiger partial charge is 0.394 e. The van der Waals surface area contributed by atoms with Gasteiger partial charge in [-0.3, -0.25) is 4.21 Å². The third-order valence-electron chi connectivity index (χ3n) is 10.7. The Morgan fingerprint density at radius 2 is 1.24 bits per heavy atom. The van der Waals surface area contributed by atoms with Crippen molar-refractivity contribution >= 4 is 10.8 Å². The Morgan fingerprint density at radius 1 is 0.745 bits per heavy atom. The van der Waals surface area contributed by atoms with Crippen LogP contribution in [0.5, 0.6) is 0 Å². The average Bonchev–Trinajstić information content (AvgIpc) is 3.13. The molecule has 0 radical (unpaired) electrons.